The number of hydrogen-bond donors (Lipinski definition) is 2. The molecule has 2 N–H and O–H groups in total. The number of nitrogens with one attached hydrogen (secondary N) is 2. The molecule has 1 unspecified atom stereocenters. The maximum absolute atomic E-state index is 12.3. The molecule has 124 valence electrons. The Balaban J connectivity index is 1.53. The highest BCUT2D eigenvalue weighted by Crippen LogP contribution is 2.16. The summed E-state index contributed by atoms with van der Waals surface area (Å²) in [7, 11) is 1.52. The van der Waals surface area contributed by atoms with Crippen LogP contribution in [0.4, 0.5) is 0 Å². The van der Waals surface area contributed by atoms with Crippen LogP contribution >= 0.6 is 0 Å². The van der Waals surface area contributed by atoms with Gasteiger partial charge in [0.1, 0.15) is 5.82 Å². The lowest BCUT2D eigenvalue weighted by Gasteiger charge is -2.15. The average molecular weight is 326 g/mol. The van der Waals surface area contributed by atoms with Gasteiger partial charge in [0.15, 0.2) is 11.9 Å². The molecule has 7 nitrogen and oxygen atoms in total. The van der Waals surface area contributed by atoms with Gasteiger partial charge in [0.05, 0.1) is 6.26 Å². The van der Waals surface area contributed by atoms with Gasteiger partial charge in [0, 0.05) is 20.1 Å². The summed E-state index contributed by atoms with van der Waals surface area (Å²) in [5, 5.41) is 9.78. The van der Waals surface area contributed by atoms with E-state index in [9.17, 15) is 4.79 Å². The Morgan fingerprint density at radius 2 is 2.12 bits per heavy atom. The Hall–Kier alpha value is -2.93. The number of ether oxygens (including phenoxy) is 1. The first-order valence-corrected chi connectivity index (χ1v) is 7.58. The van der Waals surface area contributed by atoms with E-state index in [-0.39, 0.29) is 5.91 Å². The molecule has 0 radical (unpaired) electrons. The molecule has 0 saturated heterocycles. The normalized spacial score (nSPS) is 12.0. The molecule has 7 heteroatoms. The lowest BCUT2D eigenvalue weighted by molar-refractivity contribution is -0.131. The maximum Gasteiger partial charge on any atom is 0.253 e. The predicted octanol–water partition coefficient (Wildman–Crippen LogP) is 2.11. The number of furan rings is 1. The van der Waals surface area contributed by atoms with Crippen LogP contribution in [0.15, 0.2) is 53.1 Å². The van der Waals surface area contributed by atoms with E-state index in [1.165, 1.54) is 7.11 Å². The first-order chi connectivity index (χ1) is 11.8. The summed E-state index contributed by atoms with van der Waals surface area (Å²) in [5.41, 5.74) is 0.817. The van der Waals surface area contributed by atoms with Crippen LogP contribution in [-0.2, 0) is 16.0 Å². The first kappa shape index (κ1) is 15.9. The molecular weight excluding hydrogens is 308 g/mol. The number of amides is 1. The number of H-pyrrole nitrogens is 1. The Morgan fingerprint density at radius 3 is 2.83 bits per heavy atom. The Labute approximate surface area is 139 Å². The molecule has 0 aliphatic heterocycles. The molecule has 1 aromatic carbocycles. The van der Waals surface area contributed by atoms with Crippen molar-refractivity contribution in [3.05, 3.63) is 60.1 Å². The molecule has 2 heterocycles. The van der Waals surface area contributed by atoms with Crippen LogP contribution in [0.3, 0.4) is 0 Å². The zero-order chi connectivity index (χ0) is 16.8. The van der Waals surface area contributed by atoms with Crippen LogP contribution in [0.25, 0.3) is 11.6 Å². The summed E-state index contributed by atoms with van der Waals surface area (Å²) in [6.45, 7) is 0.429. The molecule has 24 heavy (non-hydrogen) atoms. The number of methoxy groups -OCH3 is 1. The van der Waals surface area contributed by atoms with Crippen LogP contribution < -0.4 is 5.32 Å². The quantitative estimate of drug-likeness (QED) is 0.693. The first-order valence-electron chi connectivity index (χ1n) is 7.58. The molecule has 0 spiro atoms. The average Bonchev–Trinajstić information content (AvgIpc) is 3.28. The molecule has 0 fully saturated rings. The van der Waals surface area contributed by atoms with E-state index in [1.54, 1.807) is 18.4 Å². The third kappa shape index (κ3) is 3.69. The highest BCUT2D eigenvalue weighted by atomic mass is 16.5. The van der Waals surface area contributed by atoms with Gasteiger partial charge >= 0.3 is 0 Å². The van der Waals surface area contributed by atoms with Crippen molar-refractivity contribution < 1.29 is 13.9 Å². The van der Waals surface area contributed by atoms with E-state index in [0.717, 1.165) is 5.56 Å². The summed E-state index contributed by atoms with van der Waals surface area (Å²) in [6, 6.07) is 12.9. The summed E-state index contributed by atoms with van der Waals surface area (Å²) < 4.78 is 10.5. The summed E-state index contributed by atoms with van der Waals surface area (Å²) in [5.74, 6) is 1.59. The van der Waals surface area contributed by atoms with E-state index in [0.29, 0.717) is 30.4 Å². The lowest BCUT2D eigenvalue weighted by Crippen LogP contribution is -2.32. The van der Waals surface area contributed by atoms with Crippen molar-refractivity contribution in [2.75, 3.05) is 13.7 Å². The van der Waals surface area contributed by atoms with Gasteiger partial charge in [-0.05, 0) is 17.7 Å². The van der Waals surface area contributed by atoms with Crippen molar-refractivity contribution in [1.82, 2.24) is 20.5 Å². The predicted molar refractivity (Wildman–Crippen MR) is 87.0 cm³/mol. The van der Waals surface area contributed by atoms with Gasteiger partial charge in [0.25, 0.3) is 5.91 Å². The van der Waals surface area contributed by atoms with Crippen molar-refractivity contribution in [3.63, 3.8) is 0 Å². The number of carbonyl (C=O) groups is 1. The van der Waals surface area contributed by atoms with E-state index in [4.69, 9.17) is 9.15 Å². The molecule has 0 bridgehead atoms. The molecule has 0 aliphatic carbocycles. The van der Waals surface area contributed by atoms with E-state index >= 15 is 0 Å². The molecule has 3 rings (SSSR count). The molecule has 3 aromatic rings. The highest BCUT2D eigenvalue weighted by Gasteiger charge is 2.19. The Morgan fingerprint density at radius 1 is 1.29 bits per heavy atom. The van der Waals surface area contributed by atoms with Gasteiger partial charge in [-0.2, -0.15) is 5.10 Å². The smallest absolute Gasteiger partial charge is 0.253 e. The van der Waals surface area contributed by atoms with E-state index < -0.39 is 6.10 Å². The molecule has 0 aliphatic rings. The largest absolute Gasteiger partial charge is 0.461 e. The second-order valence-corrected chi connectivity index (χ2v) is 5.15. The van der Waals surface area contributed by atoms with Crippen LogP contribution in [-0.4, -0.2) is 34.7 Å². The van der Waals surface area contributed by atoms with Crippen LogP contribution in [0.5, 0.6) is 0 Å². The minimum atomic E-state index is -0.625. The highest BCUT2D eigenvalue weighted by molar-refractivity contribution is 5.82. The fourth-order valence-electron chi connectivity index (χ4n) is 2.34. The number of aromatic amines is 1. The SMILES string of the molecule is COC(C(=O)NCCc1nc(-c2ccco2)n[nH]1)c1ccccc1. The zero-order valence-corrected chi connectivity index (χ0v) is 13.2. The summed E-state index contributed by atoms with van der Waals surface area (Å²) in [6.07, 6.45) is 1.48. The number of carbonyl (C=O) groups excluding carboxylic acids is 1. The topological polar surface area (TPSA) is 93.0 Å². The van der Waals surface area contributed by atoms with Crippen molar-refractivity contribution >= 4 is 5.91 Å². The summed E-state index contributed by atoms with van der Waals surface area (Å²) >= 11 is 0. The maximum atomic E-state index is 12.3. The van der Waals surface area contributed by atoms with Crippen molar-refractivity contribution in [1.29, 1.82) is 0 Å². The molecule has 2 aromatic heterocycles. The fourth-order valence-corrected chi connectivity index (χ4v) is 2.34. The third-order valence-corrected chi connectivity index (χ3v) is 3.51. The number of nitrogens with zero attached hydrogens (tertiary/aromatic N) is 2. The van der Waals surface area contributed by atoms with E-state index in [1.807, 2.05) is 30.3 Å². The number of aromatic nitrogens is 3. The van der Waals surface area contributed by atoms with Crippen LogP contribution in [0.1, 0.15) is 17.5 Å². The molecule has 0 saturated carbocycles. The van der Waals surface area contributed by atoms with Gasteiger partial charge in [0.2, 0.25) is 5.82 Å². The van der Waals surface area contributed by atoms with E-state index in [2.05, 4.69) is 20.5 Å². The van der Waals surface area contributed by atoms with Crippen LogP contribution in [0.2, 0.25) is 0 Å². The standard InChI is InChI=1S/C17H18N4O3/c1-23-15(12-6-3-2-4-7-12)17(22)18-10-9-14-19-16(21-20-14)13-8-5-11-24-13/h2-8,11,15H,9-10H2,1H3,(H,18,22)(H,19,20,21). The van der Waals surface area contributed by atoms with Gasteiger partial charge in [-0.1, -0.05) is 30.3 Å². The molecule has 1 atom stereocenters. The second-order valence-electron chi connectivity index (χ2n) is 5.15. The monoisotopic (exact) mass is 326 g/mol. The Bertz CT molecular complexity index is 768. The van der Waals surface area contributed by atoms with Crippen molar-refractivity contribution in [2.24, 2.45) is 0 Å². The van der Waals surface area contributed by atoms with Gasteiger partial charge in [-0.15, -0.1) is 0 Å². The fraction of sp³-hybridized carbons (Fsp3) is 0.235. The summed E-state index contributed by atoms with van der Waals surface area (Å²) in [4.78, 5) is 16.6. The van der Waals surface area contributed by atoms with Gasteiger partial charge in [-0.3, -0.25) is 9.89 Å². The number of benzene rings is 1. The number of hydrogen-bond acceptors (Lipinski definition) is 5. The number of rotatable bonds is 7. The van der Waals surface area contributed by atoms with Gasteiger partial charge < -0.3 is 14.5 Å². The molecule has 1 amide bonds. The Kier molecular flexibility index (Phi) is 5.02. The minimum Gasteiger partial charge on any atom is -0.461 e. The second kappa shape index (κ2) is 7.56. The van der Waals surface area contributed by atoms with Crippen LogP contribution in [0, 0.1) is 0 Å². The third-order valence-electron chi connectivity index (χ3n) is 3.51. The van der Waals surface area contributed by atoms with Gasteiger partial charge in [-0.25, -0.2) is 4.98 Å². The minimum absolute atomic E-state index is 0.186. The zero-order valence-electron chi connectivity index (χ0n) is 13.2. The van der Waals surface area contributed by atoms with Crippen molar-refractivity contribution in [2.45, 2.75) is 12.5 Å². The van der Waals surface area contributed by atoms with Crippen molar-refractivity contribution in [3.8, 4) is 11.6 Å². The molecular formula is C17H18N4O3. The lowest BCUT2D eigenvalue weighted by atomic mass is 10.1.